The highest BCUT2D eigenvalue weighted by molar-refractivity contribution is 6.06. The Morgan fingerprint density at radius 2 is 1.48 bits per heavy atom. The lowest BCUT2D eigenvalue weighted by atomic mass is 9.93. The third-order valence-electron chi connectivity index (χ3n) is 4.81. The van der Waals surface area contributed by atoms with Crippen LogP contribution in [0.2, 0.25) is 0 Å². The van der Waals surface area contributed by atoms with Crippen LogP contribution in [0.5, 0.6) is 11.5 Å². The molecule has 0 aliphatic carbocycles. The molecule has 4 nitrogen and oxygen atoms in total. The van der Waals surface area contributed by atoms with E-state index in [9.17, 15) is 9.65 Å². The Labute approximate surface area is 167 Å². The molecule has 142 valence electrons. The zero-order valence-electron chi connectivity index (χ0n) is 15.9. The van der Waals surface area contributed by atoms with Gasteiger partial charge in [0.05, 0.1) is 19.9 Å². The molecule has 0 amide bonds. The predicted molar refractivity (Wildman–Crippen MR) is 110 cm³/mol. The van der Waals surface area contributed by atoms with E-state index >= 15 is 0 Å². The van der Waals surface area contributed by atoms with Gasteiger partial charge in [0.25, 0.3) is 0 Å². The number of pyridine rings is 1. The summed E-state index contributed by atoms with van der Waals surface area (Å²) in [7, 11) is 3.09. The lowest BCUT2D eigenvalue weighted by molar-refractivity contribution is 0.356. The third kappa shape index (κ3) is 3.15. The van der Waals surface area contributed by atoms with Gasteiger partial charge in [-0.25, -0.2) is 9.37 Å². The standard InChI is InChI=1S/C24H17FN2O2/c1-28-21-12-17-18(13-22(21)29-2)24(16-10-6-7-11-19(16)25)27-20(14-26)23(17)15-8-4-3-5-9-15/h3-13H,1-2H3. The van der Waals surface area contributed by atoms with E-state index in [0.717, 1.165) is 10.9 Å². The molecule has 0 spiro atoms. The van der Waals surface area contributed by atoms with E-state index in [-0.39, 0.29) is 5.69 Å². The molecule has 4 rings (SSSR count). The van der Waals surface area contributed by atoms with Gasteiger partial charge in [0, 0.05) is 16.5 Å². The zero-order chi connectivity index (χ0) is 20.4. The molecular weight excluding hydrogens is 367 g/mol. The van der Waals surface area contributed by atoms with E-state index in [2.05, 4.69) is 11.1 Å². The molecular formula is C24H17FN2O2. The summed E-state index contributed by atoms with van der Waals surface area (Å²) in [5, 5.41) is 11.3. The summed E-state index contributed by atoms with van der Waals surface area (Å²) < 4.78 is 25.5. The van der Waals surface area contributed by atoms with Gasteiger partial charge in [0.1, 0.15) is 17.6 Å². The molecule has 0 fully saturated rings. The molecule has 0 atom stereocenters. The molecule has 3 aromatic carbocycles. The van der Waals surface area contributed by atoms with Gasteiger partial charge in [-0.3, -0.25) is 0 Å². The van der Waals surface area contributed by atoms with Crippen molar-refractivity contribution >= 4 is 10.8 Å². The van der Waals surface area contributed by atoms with Crippen LogP contribution in [0.15, 0.2) is 66.7 Å². The Balaban J connectivity index is 2.19. The number of nitriles is 1. The molecule has 1 aromatic heterocycles. The molecule has 4 aromatic rings. The van der Waals surface area contributed by atoms with Crippen LogP contribution in [0, 0.1) is 17.1 Å². The topological polar surface area (TPSA) is 55.1 Å². The van der Waals surface area contributed by atoms with Crippen molar-refractivity contribution in [3.8, 4) is 40.0 Å². The minimum atomic E-state index is -0.410. The first-order valence-corrected chi connectivity index (χ1v) is 8.98. The fraction of sp³-hybridized carbons (Fsp3) is 0.0833. The molecule has 0 radical (unpaired) electrons. The fourth-order valence-electron chi connectivity index (χ4n) is 3.47. The molecule has 1 heterocycles. The Morgan fingerprint density at radius 1 is 0.862 bits per heavy atom. The van der Waals surface area contributed by atoms with Crippen LogP contribution in [0.1, 0.15) is 5.69 Å². The van der Waals surface area contributed by atoms with Gasteiger partial charge < -0.3 is 9.47 Å². The summed E-state index contributed by atoms with van der Waals surface area (Å²) in [6.07, 6.45) is 0. The number of rotatable bonds is 4. The minimum absolute atomic E-state index is 0.217. The first-order valence-electron chi connectivity index (χ1n) is 8.98. The molecule has 0 saturated carbocycles. The van der Waals surface area contributed by atoms with E-state index in [4.69, 9.17) is 9.47 Å². The number of hydrogen-bond donors (Lipinski definition) is 0. The SMILES string of the molecule is COc1cc2c(-c3ccccc3F)nc(C#N)c(-c3ccccc3)c2cc1OC. The Morgan fingerprint density at radius 3 is 2.10 bits per heavy atom. The van der Waals surface area contributed by atoms with Gasteiger partial charge >= 0.3 is 0 Å². The first-order chi connectivity index (χ1) is 14.2. The zero-order valence-corrected chi connectivity index (χ0v) is 15.9. The van der Waals surface area contributed by atoms with Crippen molar-refractivity contribution in [3.05, 3.63) is 78.2 Å². The van der Waals surface area contributed by atoms with Gasteiger partial charge in [-0.05, 0) is 35.2 Å². The van der Waals surface area contributed by atoms with E-state index in [0.29, 0.717) is 33.7 Å². The Kier molecular flexibility index (Phi) is 4.84. The Bertz CT molecular complexity index is 1250. The second-order valence-corrected chi connectivity index (χ2v) is 6.39. The largest absolute Gasteiger partial charge is 0.493 e. The molecule has 0 bridgehead atoms. The summed E-state index contributed by atoms with van der Waals surface area (Å²) in [5.74, 6) is 0.613. The monoisotopic (exact) mass is 384 g/mol. The molecule has 0 aliphatic rings. The lowest BCUT2D eigenvalue weighted by Gasteiger charge is -2.16. The summed E-state index contributed by atoms with van der Waals surface area (Å²) >= 11 is 0. The van der Waals surface area contributed by atoms with Crippen LogP contribution in [-0.2, 0) is 0 Å². The fourth-order valence-corrected chi connectivity index (χ4v) is 3.47. The molecule has 0 N–H and O–H groups in total. The van der Waals surface area contributed by atoms with Crippen molar-refractivity contribution in [3.63, 3.8) is 0 Å². The van der Waals surface area contributed by atoms with Crippen molar-refractivity contribution in [2.75, 3.05) is 14.2 Å². The van der Waals surface area contributed by atoms with Gasteiger partial charge in [0.2, 0.25) is 0 Å². The number of hydrogen-bond acceptors (Lipinski definition) is 4. The average Bonchev–Trinajstić information content (AvgIpc) is 2.78. The van der Waals surface area contributed by atoms with Crippen LogP contribution >= 0.6 is 0 Å². The van der Waals surface area contributed by atoms with Crippen molar-refractivity contribution < 1.29 is 13.9 Å². The van der Waals surface area contributed by atoms with Crippen molar-refractivity contribution in [1.29, 1.82) is 5.26 Å². The summed E-state index contributed by atoms with van der Waals surface area (Å²) in [5.41, 5.74) is 2.43. The lowest BCUT2D eigenvalue weighted by Crippen LogP contribution is -1.99. The second kappa shape index (κ2) is 7.61. The van der Waals surface area contributed by atoms with Gasteiger partial charge in [0.15, 0.2) is 11.5 Å². The van der Waals surface area contributed by atoms with E-state index in [1.165, 1.54) is 6.07 Å². The van der Waals surface area contributed by atoms with Crippen LogP contribution in [-0.4, -0.2) is 19.2 Å². The molecule has 0 saturated heterocycles. The molecule has 0 aliphatic heterocycles. The average molecular weight is 384 g/mol. The number of nitrogens with zero attached hydrogens (tertiary/aromatic N) is 2. The summed E-state index contributed by atoms with van der Waals surface area (Å²) in [4.78, 5) is 4.56. The number of halogens is 1. The summed E-state index contributed by atoms with van der Waals surface area (Å²) in [6.45, 7) is 0. The van der Waals surface area contributed by atoms with Crippen LogP contribution < -0.4 is 9.47 Å². The van der Waals surface area contributed by atoms with Gasteiger partial charge in [-0.2, -0.15) is 5.26 Å². The summed E-state index contributed by atoms with van der Waals surface area (Å²) in [6, 6.07) is 21.7. The molecule has 0 unspecified atom stereocenters. The highest BCUT2D eigenvalue weighted by atomic mass is 19.1. The van der Waals surface area contributed by atoms with Crippen molar-refractivity contribution in [2.45, 2.75) is 0 Å². The van der Waals surface area contributed by atoms with Crippen molar-refractivity contribution in [1.82, 2.24) is 4.98 Å². The maximum Gasteiger partial charge on any atom is 0.161 e. The minimum Gasteiger partial charge on any atom is -0.493 e. The second-order valence-electron chi connectivity index (χ2n) is 6.39. The number of fused-ring (bicyclic) bond motifs is 1. The number of aromatic nitrogens is 1. The van der Waals surface area contributed by atoms with Crippen LogP contribution in [0.4, 0.5) is 4.39 Å². The van der Waals surface area contributed by atoms with E-state index in [1.807, 2.05) is 36.4 Å². The number of methoxy groups -OCH3 is 2. The first kappa shape index (κ1) is 18.5. The quantitative estimate of drug-likeness (QED) is 0.460. The van der Waals surface area contributed by atoms with Crippen LogP contribution in [0.3, 0.4) is 0 Å². The predicted octanol–water partition coefficient (Wildman–Crippen LogP) is 5.60. The smallest absolute Gasteiger partial charge is 0.161 e. The van der Waals surface area contributed by atoms with Gasteiger partial charge in [-0.1, -0.05) is 42.5 Å². The van der Waals surface area contributed by atoms with Crippen LogP contribution in [0.25, 0.3) is 33.2 Å². The Hall–Kier alpha value is -3.91. The number of ether oxygens (including phenoxy) is 2. The molecule has 5 heteroatoms. The highest BCUT2D eigenvalue weighted by Gasteiger charge is 2.20. The van der Waals surface area contributed by atoms with E-state index in [1.54, 1.807) is 38.5 Å². The normalized spacial score (nSPS) is 10.6. The maximum atomic E-state index is 14.6. The van der Waals surface area contributed by atoms with E-state index < -0.39 is 5.82 Å². The number of benzene rings is 3. The highest BCUT2D eigenvalue weighted by Crippen LogP contribution is 2.42. The van der Waals surface area contributed by atoms with Crippen molar-refractivity contribution in [2.24, 2.45) is 0 Å². The van der Waals surface area contributed by atoms with Gasteiger partial charge in [-0.15, -0.1) is 0 Å². The maximum absolute atomic E-state index is 14.6. The third-order valence-corrected chi connectivity index (χ3v) is 4.81. The molecule has 29 heavy (non-hydrogen) atoms.